The number of hydrogen-bond donors (Lipinski definition) is 5. The van der Waals surface area contributed by atoms with E-state index in [-0.39, 0.29) is 36.2 Å². The number of hydrogen-bond acceptors (Lipinski definition) is 8. The van der Waals surface area contributed by atoms with Gasteiger partial charge in [-0.05, 0) is 73.3 Å². The Morgan fingerprint density at radius 3 is 2.06 bits per heavy atom. The van der Waals surface area contributed by atoms with Gasteiger partial charge in [0.05, 0.1) is 12.1 Å². The number of ether oxygens (including phenoxy) is 1. The molecule has 1 aromatic carbocycles. The lowest BCUT2D eigenvalue weighted by Crippen LogP contribution is -2.57. The maximum atomic E-state index is 13.8. The lowest BCUT2D eigenvalue weighted by Gasteiger charge is -2.34. The van der Waals surface area contributed by atoms with Crippen molar-refractivity contribution < 1.29 is 33.8 Å². The van der Waals surface area contributed by atoms with Gasteiger partial charge in [-0.25, -0.2) is 4.79 Å². The van der Waals surface area contributed by atoms with Crippen LogP contribution >= 0.6 is 11.8 Å². The molecule has 1 aliphatic carbocycles. The van der Waals surface area contributed by atoms with Crippen molar-refractivity contribution in [1.82, 2.24) is 21.3 Å². The minimum absolute atomic E-state index is 0.101. The van der Waals surface area contributed by atoms with E-state index in [0.717, 1.165) is 12.0 Å². The monoisotopic (exact) mass is 704 g/mol. The van der Waals surface area contributed by atoms with Crippen molar-refractivity contribution in [3.05, 3.63) is 35.9 Å². The molecule has 1 fully saturated rings. The Morgan fingerprint density at radius 2 is 1.49 bits per heavy atom. The molecule has 0 unspecified atom stereocenters. The molecule has 1 aliphatic rings. The number of aliphatic hydroxyl groups is 1. The summed E-state index contributed by atoms with van der Waals surface area (Å²) in [6.07, 6.45) is 3.99. The first-order valence-corrected chi connectivity index (χ1v) is 19.1. The van der Waals surface area contributed by atoms with Gasteiger partial charge in [-0.1, -0.05) is 78.3 Å². The molecule has 0 aromatic heterocycles. The molecule has 11 nitrogen and oxygen atoms in total. The highest BCUT2D eigenvalue weighted by molar-refractivity contribution is 7.98. The van der Waals surface area contributed by atoms with E-state index in [1.807, 2.05) is 78.1 Å². The second-order valence-corrected chi connectivity index (χ2v) is 15.5. The number of benzene rings is 1. The highest BCUT2D eigenvalue weighted by Gasteiger charge is 2.42. The average molecular weight is 705 g/mol. The molecule has 0 heterocycles. The van der Waals surface area contributed by atoms with Crippen LogP contribution < -0.4 is 21.3 Å². The van der Waals surface area contributed by atoms with Crippen LogP contribution in [0.15, 0.2) is 30.3 Å². The van der Waals surface area contributed by atoms with E-state index >= 15 is 0 Å². The van der Waals surface area contributed by atoms with Crippen LogP contribution in [0.5, 0.6) is 0 Å². The third kappa shape index (κ3) is 14.3. The van der Waals surface area contributed by atoms with Gasteiger partial charge in [0, 0.05) is 12.8 Å². The molecule has 0 aliphatic heterocycles. The van der Waals surface area contributed by atoms with E-state index in [1.165, 1.54) is 6.92 Å². The topological polar surface area (TPSA) is 163 Å². The van der Waals surface area contributed by atoms with Gasteiger partial charge in [0.25, 0.3) is 0 Å². The maximum absolute atomic E-state index is 13.8. The zero-order valence-corrected chi connectivity index (χ0v) is 31.4. The van der Waals surface area contributed by atoms with Crippen molar-refractivity contribution in [1.29, 1.82) is 0 Å². The van der Waals surface area contributed by atoms with E-state index in [4.69, 9.17) is 4.74 Å². The van der Waals surface area contributed by atoms with Crippen LogP contribution in [0.25, 0.3) is 0 Å². The van der Waals surface area contributed by atoms with E-state index in [0.29, 0.717) is 37.9 Å². The predicted molar refractivity (Wildman–Crippen MR) is 193 cm³/mol. The summed E-state index contributed by atoms with van der Waals surface area (Å²) >= 11 is 1.55. The first kappa shape index (κ1) is 42.0. The van der Waals surface area contributed by atoms with Crippen molar-refractivity contribution in [3.63, 3.8) is 0 Å². The van der Waals surface area contributed by atoms with Gasteiger partial charge in [0.15, 0.2) is 0 Å². The molecular weight excluding hydrogens is 644 g/mol. The number of carbonyl (C=O) groups is 5. The average Bonchev–Trinajstić information content (AvgIpc) is 3.53. The Morgan fingerprint density at radius 1 is 0.857 bits per heavy atom. The summed E-state index contributed by atoms with van der Waals surface area (Å²) in [7, 11) is 0. The van der Waals surface area contributed by atoms with Crippen LogP contribution in [0.4, 0.5) is 0 Å². The summed E-state index contributed by atoms with van der Waals surface area (Å²) in [5.74, 6) is -2.34. The number of aliphatic hydroxyl groups excluding tert-OH is 1. The summed E-state index contributed by atoms with van der Waals surface area (Å²) in [6.45, 7) is 13.0. The van der Waals surface area contributed by atoms with Gasteiger partial charge in [-0.3, -0.25) is 19.2 Å². The molecule has 1 aromatic rings. The fourth-order valence-electron chi connectivity index (χ4n) is 6.40. The van der Waals surface area contributed by atoms with Gasteiger partial charge >= 0.3 is 5.97 Å². The second kappa shape index (κ2) is 21.2. The number of thioether (sulfide) groups is 1. The zero-order chi connectivity index (χ0) is 36.7. The van der Waals surface area contributed by atoms with Crippen LogP contribution in [0.3, 0.4) is 0 Å². The van der Waals surface area contributed by atoms with Crippen LogP contribution in [-0.4, -0.2) is 77.0 Å². The molecule has 0 radical (unpaired) electrons. The van der Waals surface area contributed by atoms with Gasteiger partial charge < -0.3 is 31.1 Å². The maximum Gasteiger partial charge on any atom is 0.329 e. The molecule has 1 saturated carbocycles. The Hall–Kier alpha value is -3.12. The third-order valence-corrected chi connectivity index (χ3v) is 9.54. The van der Waals surface area contributed by atoms with Crippen LogP contribution in [0.2, 0.25) is 0 Å². The SMILES string of the molecule is CSCC[C@H](NC(=O)[C@H](CC(C)C)NC(C)=O)C(=O)N[C@@H](CC(C)C)[C@@H](O)[C@@H]1CCC[C@H]1C(=O)N[C@H](C(=O)OCc1ccccc1)C(C)C. The Labute approximate surface area is 297 Å². The first-order valence-electron chi connectivity index (χ1n) is 17.7. The third-order valence-electron chi connectivity index (χ3n) is 8.90. The molecule has 0 bridgehead atoms. The predicted octanol–water partition coefficient (Wildman–Crippen LogP) is 3.97. The first-order chi connectivity index (χ1) is 23.1. The number of amides is 4. The van der Waals surface area contributed by atoms with Crippen molar-refractivity contribution in [2.45, 2.75) is 124 Å². The molecule has 0 spiro atoms. The van der Waals surface area contributed by atoms with E-state index in [2.05, 4.69) is 21.3 Å². The summed E-state index contributed by atoms with van der Waals surface area (Å²) in [6, 6.07) is 6.17. The zero-order valence-electron chi connectivity index (χ0n) is 30.6. The molecule has 5 N–H and O–H groups in total. The van der Waals surface area contributed by atoms with Gasteiger partial charge in [0.2, 0.25) is 23.6 Å². The fraction of sp³-hybridized carbons (Fsp3) is 0.703. The van der Waals surface area contributed by atoms with E-state index < -0.39 is 59.9 Å². The molecule has 12 heteroatoms. The fourth-order valence-corrected chi connectivity index (χ4v) is 6.87. The number of nitrogens with one attached hydrogen (secondary N) is 4. The lowest BCUT2D eigenvalue weighted by atomic mass is 9.83. The molecule has 4 amide bonds. The molecule has 49 heavy (non-hydrogen) atoms. The minimum atomic E-state index is -1.03. The molecule has 7 atom stereocenters. The van der Waals surface area contributed by atoms with Gasteiger partial charge in [-0.15, -0.1) is 0 Å². The summed E-state index contributed by atoms with van der Waals surface area (Å²) < 4.78 is 5.54. The van der Waals surface area contributed by atoms with Gasteiger partial charge in [0.1, 0.15) is 24.7 Å². The van der Waals surface area contributed by atoms with Crippen molar-refractivity contribution in [2.75, 3.05) is 12.0 Å². The quantitative estimate of drug-likeness (QED) is 0.127. The van der Waals surface area contributed by atoms with Crippen molar-refractivity contribution in [3.8, 4) is 0 Å². The molecular formula is C37H60N4O7S. The largest absolute Gasteiger partial charge is 0.459 e. The lowest BCUT2D eigenvalue weighted by molar-refractivity contribution is -0.151. The summed E-state index contributed by atoms with van der Waals surface area (Å²) in [4.78, 5) is 65.6. The second-order valence-electron chi connectivity index (χ2n) is 14.5. The highest BCUT2D eigenvalue weighted by atomic mass is 32.2. The van der Waals surface area contributed by atoms with E-state index in [1.54, 1.807) is 11.8 Å². The number of carbonyl (C=O) groups excluding carboxylic acids is 5. The molecule has 276 valence electrons. The van der Waals surface area contributed by atoms with Crippen molar-refractivity contribution in [2.24, 2.45) is 29.6 Å². The van der Waals surface area contributed by atoms with Crippen LogP contribution in [-0.2, 0) is 35.3 Å². The number of esters is 1. The smallest absolute Gasteiger partial charge is 0.329 e. The Kier molecular flexibility index (Phi) is 18.2. The standard InChI is InChI=1S/C37H60N4O7S/c1-22(2)19-30(40-35(45)29(17-18-49-8)39-36(46)31(20-23(3)4)38-25(7)42)33(43)27-15-12-16-28(27)34(44)41-32(24(5)6)37(47)48-21-26-13-10-9-11-14-26/h9-11,13-14,22-24,27-33,43H,12,15-21H2,1-8H3,(H,38,42)(H,39,46)(H,40,45)(H,41,44)/t27-,28-,29+,30+,31+,32+,33+/m1/s1. The Bertz CT molecular complexity index is 1210. The Balaban J connectivity index is 2.19. The minimum Gasteiger partial charge on any atom is -0.459 e. The van der Waals surface area contributed by atoms with Crippen LogP contribution in [0.1, 0.15) is 92.6 Å². The normalized spacial score (nSPS) is 19.1. The van der Waals surface area contributed by atoms with E-state index in [9.17, 15) is 29.1 Å². The highest BCUT2D eigenvalue weighted by Crippen LogP contribution is 2.36. The van der Waals surface area contributed by atoms with Crippen molar-refractivity contribution >= 4 is 41.4 Å². The molecule has 0 saturated heterocycles. The summed E-state index contributed by atoms with van der Waals surface area (Å²) in [5, 5.41) is 23.3. The molecule has 2 rings (SSSR count). The number of rotatable bonds is 20. The summed E-state index contributed by atoms with van der Waals surface area (Å²) in [5.41, 5.74) is 0.847. The van der Waals surface area contributed by atoms with Gasteiger partial charge in [-0.2, -0.15) is 11.8 Å². The van der Waals surface area contributed by atoms with Crippen LogP contribution in [0, 0.1) is 29.6 Å².